The van der Waals surface area contributed by atoms with Crippen molar-refractivity contribution >= 4 is 11.8 Å². The lowest BCUT2D eigenvalue weighted by Crippen LogP contribution is -2.08. The Kier molecular flexibility index (Phi) is 4.24. The van der Waals surface area contributed by atoms with Crippen LogP contribution < -0.4 is 5.73 Å². The molecule has 0 radical (unpaired) electrons. The number of thioether (sulfide) groups is 1. The van der Waals surface area contributed by atoms with E-state index in [0.717, 1.165) is 24.5 Å². The van der Waals surface area contributed by atoms with Gasteiger partial charge in [0.05, 0.1) is 6.04 Å². The molecule has 0 spiro atoms. The third-order valence-electron chi connectivity index (χ3n) is 1.70. The predicted octanol–water partition coefficient (Wildman–Crippen LogP) is 1.05. The largest absolute Gasteiger partial charge is 0.321 e. The molecule has 1 atom stereocenters. The summed E-state index contributed by atoms with van der Waals surface area (Å²) >= 11 is 1.85. The lowest BCUT2D eigenvalue weighted by molar-refractivity contribution is 0.588. The average molecular weight is 200 g/mol. The summed E-state index contributed by atoms with van der Waals surface area (Å²) in [6.07, 6.45) is 4.98. The molecule has 5 heteroatoms. The van der Waals surface area contributed by atoms with Gasteiger partial charge in [-0.25, -0.2) is 4.98 Å². The van der Waals surface area contributed by atoms with E-state index in [4.69, 9.17) is 5.73 Å². The molecule has 0 aliphatic heterocycles. The topological polar surface area (TPSA) is 56.7 Å². The van der Waals surface area contributed by atoms with Crippen LogP contribution in [0.2, 0.25) is 0 Å². The molecule has 0 aliphatic rings. The fourth-order valence-electron chi connectivity index (χ4n) is 0.996. The van der Waals surface area contributed by atoms with Crippen molar-refractivity contribution in [2.75, 3.05) is 12.0 Å². The highest BCUT2D eigenvalue weighted by Gasteiger charge is 2.04. The molecule has 1 aromatic heterocycles. The van der Waals surface area contributed by atoms with Crippen LogP contribution in [0.1, 0.15) is 25.2 Å². The van der Waals surface area contributed by atoms with E-state index in [1.807, 2.05) is 23.4 Å². The summed E-state index contributed by atoms with van der Waals surface area (Å²) in [6.45, 7) is 2.82. The number of aryl methyl sites for hydroxylation is 1. The quantitative estimate of drug-likeness (QED) is 0.722. The van der Waals surface area contributed by atoms with Gasteiger partial charge in [0.2, 0.25) is 0 Å². The summed E-state index contributed by atoms with van der Waals surface area (Å²) in [5.41, 5.74) is 5.64. The molecular weight excluding hydrogens is 184 g/mol. The Hall–Kier alpha value is -0.550. The number of hydrogen-bond acceptors (Lipinski definition) is 4. The molecule has 1 rings (SSSR count). The molecule has 0 fully saturated rings. The van der Waals surface area contributed by atoms with Crippen LogP contribution in [-0.2, 0) is 6.54 Å². The second-order valence-corrected chi connectivity index (χ2v) is 3.99. The summed E-state index contributed by atoms with van der Waals surface area (Å²) < 4.78 is 1.86. The van der Waals surface area contributed by atoms with Crippen LogP contribution in [0, 0.1) is 0 Å². The van der Waals surface area contributed by atoms with Gasteiger partial charge in [-0.3, -0.25) is 4.68 Å². The lowest BCUT2D eigenvalue weighted by atomic mass is 10.3. The van der Waals surface area contributed by atoms with Crippen molar-refractivity contribution in [1.29, 1.82) is 0 Å². The Labute approximate surface area is 82.9 Å². The van der Waals surface area contributed by atoms with Crippen molar-refractivity contribution in [3.8, 4) is 0 Å². The molecule has 74 valence electrons. The molecular formula is C8H16N4S. The Balaban J connectivity index is 2.40. The van der Waals surface area contributed by atoms with Gasteiger partial charge in [-0.1, -0.05) is 0 Å². The second-order valence-electron chi connectivity index (χ2n) is 3.00. The smallest absolute Gasteiger partial charge is 0.166 e. The number of nitrogens with zero attached hydrogens (tertiary/aromatic N) is 3. The van der Waals surface area contributed by atoms with E-state index in [9.17, 15) is 0 Å². The first-order valence-corrected chi connectivity index (χ1v) is 5.77. The molecule has 0 aliphatic carbocycles. The van der Waals surface area contributed by atoms with Gasteiger partial charge >= 0.3 is 0 Å². The zero-order valence-electron chi connectivity index (χ0n) is 8.10. The van der Waals surface area contributed by atoms with E-state index in [0.29, 0.717) is 0 Å². The summed E-state index contributed by atoms with van der Waals surface area (Å²) in [7, 11) is 0. The predicted molar refractivity (Wildman–Crippen MR) is 55.6 cm³/mol. The van der Waals surface area contributed by atoms with Gasteiger partial charge in [-0.2, -0.15) is 16.9 Å². The van der Waals surface area contributed by atoms with Crippen molar-refractivity contribution in [2.45, 2.75) is 25.9 Å². The number of hydrogen-bond donors (Lipinski definition) is 1. The SMILES string of the molecule is CSCCCn1cnc(C(C)N)n1. The molecule has 0 saturated heterocycles. The third kappa shape index (κ3) is 3.36. The van der Waals surface area contributed by atoms with Crippen LogP contribution in [0.3, 0.4) is 0 Å². The van der Waals surface area contributed by atoms with Crippen molar-refractivity contribution in [3.63, 3.8) is 0 Å². The van der Waals surface area contributed by atoms with Gasteiger partial charge < -0.3 is 5.73 Å². The van der Waals surface area contributed by atoms with Crippen molar-refractivity contribution in [2.24, 2.45) is 5.73 Å². The zero-order valence-corrected chi connectivity index (χ0v) is 8.92. The Morgan fingerprint density at radius 1 is 1.69 bits per heavy atom. The maximum absolute atomic E-state index is 5.64. The third-order valence-corrected chi connectivity index (χ3v) is 2.39. The maximum atomic E-state index is 5.64. The van der Waals surface area contributed by atoms with Gasteiger partial charge in [0.25, 0.3) is 0 Å². The van der Waals surface area contributed by atoms with Crippen LogP contribution in [0.5, 0.6) is 0 Å². The summed E-state index contributed by atoms with van der Waals surface area (Å²) in [4.78, 5) is 4.11. The van der Waals surface area contributed by atoms with Gasteiger partial charge in [-0.05, 0) is 25.4 Å². The van der Waals surface area contributed by atoms with Gasteiger partial charge in [0.15, 0.2) is 5.82 Å². The molecule has 0 aromatic carbocycles. The number of aromatic nitrogens is 3. The molecule has 1 heterocycles. The van der Waals surface area contributed by atoms with Crippen molar-refractivity contribution < 1.29 is 0 Å². The summed E-state index contributed by atoms with van der Waals surface area (Å²) in [5.74, 6) is 1.89. The molecule has 4 nitrogen and oxygen atoms in total. The summed E-state index contributed by atoms with van der Waals surface area (Å²) in [6, 6.07) is -0.0678. The van der Waals surface area contributed by atoms with Crippen LogP contribution in [0.15, 0.2) is 6.33 Å². The molecule has 13 heavy (non-hydrogen) atoms. The fraction of sp³-hybridized carbons (Fsp3) is 0.750. The first-order chi connectivity index (χ1) is 6.24. The second kappa shape index (κ2) is 5.24. The average Bonchev–Trinajstić information content (AvgIpc) is 2.53. The van der Waals surface area contributed by atoms with Gasteiger partial charge in [-0.15, -0.1) is 0 Å². The molecule has 2 N–H and O–H groups in total. The van der Waals surface area contributed by atoms with Crippen LogP contribution in [-0.4, -0.2) is 26.8 Å². The number of rotatable bonds is 5. The molecule has 1 aromatic rings. The van der Waals surface area contributed by atoms with Crippen LogP contribution >= 0.6 is 11.8 Å². The van der Waals surface area contributed by atoms with E-state index in [2.05, 4.69) is 16.3 Å². The molecule has 1 unspecified atom stereocenters. The zero-order chi connectivity index (χ0) is 9.68. The van der Waals surface area contributed by atoms with E-state index in [-0.39, 0.29) is 6.04 Å². The number of nitrogens with two attached hydrogens (primary N) is 1. The monoisotopic (exact) mass is 200 g/mol. The van der Waals surface area contributed by atoms with Crippen LogP contribution in [0.4, 0.5) is 0 Å². The highest BCUT2D eigenvalue weighted by atomic mass is 32.2. The first kappa shape index (κ1) is 10.5. The van der Waals surface area contributed by atoms with E-state index < -0.39 is 0 Å². The molecule has 0 saturated carbocycles. The Morgan fingerprint density at radius 2 is 2.46 bits per heavy atom. The molecule has 0 amide bonds. The van der Waals surface area contributed by atoms with E-state index in [1.165, 1.54) is 0 Å². The van der Waals surface area contributed by atoms with Gasteiger partial charge in [0, 0.05) is 6.54 Å². The van der Waals surface area contributed by atoms with Crippen molar-refractivity contribution in [1.82, 2.24) is 14.8 Å². The van der Waals surface area contributed by atoms with Crippen LogP contribution in [0.25, 0.3) is 0 Å². The highest BCUT2D eigenvalue weighted by molar-refractivity contribution is 7.98. The summed E-state index contributed by atoms with van der Waals surface area (Å²) in [5, 5.41) is 4.25. The van der Waals surface area contributed by atoms with Crippen molar-refractivity contribution in [3.05, 3.63) is 12.2 Å². The van der Waals surface area contributed by atoms with E-state index >= 15 is 0 Å². The maximum Gasteiger partial charge on any atom is 0.166 e. The Bertz CT molecular complexity index is 246. The minimum Gasteiger partial charge on any atom is -0.321 e. The Morgan fingerprint density at radius 3 is 3.00 bits per heavy atom. The lowest BCUT2D eigenvalue weighted by Gasteiger charge is -1.99. The van der Waals surface area contributed by atoms with Gasteiger partial charge in [0.1, 0.15) is 6.33 Å². The molecule has 0 bridgehead atoms. The minimum absolute atomic E-state index is 0.0678. The van der Waals surface area contributed by atoms with E-state index in [1.54, 1.807) is 6.33 Å². The fourth-order valence-corrected chi connectivity index (χ4v) is 1.41. The highest BCUT2D eigenvalue weighted by Crippen LogP contribution is 2.02. The first-order valence-electron chi connectivity index (χ1n) is 4.38. The minimum atomic E-state index is -0.0678. The standard InChI is InChI=1S/C8H16N4S/c1-7(9)8-10-6-12(11-8)4-3-5-13-2/h6-7H,3-5,9H2,1-2H3. The normalized spacial score (nSPS) is 13.2.